The quantitative estimate of drug-likeness (QED) is 0.677. The lowest BCUT2D eigenvalue weighted by Gasteiger charge is -2.03. The highest BCUT2D eigenvalue weighted by Gasteiger charge is 2.06. The van der Waals surface area contributed by atoms with Crippen molar-refractivity contribution in [3.8, 4) is 0 Å². The van der Waals surface area contributed by atoms with Crippen LogP contribution in [0.25, 0.3) is 0 Å². The average Bonchev–Trinajstić information content (AvgIpc) is 2.26. The van der Waals surface area contributed by atoms with Crippen molar-refractivity contribution in [2.24, 2.45) is 0 Å². The Hall–Kier alpha value is -1.10. The van der Waals surface area contributed by atoms with Crippen molar-refractivity contribution in [3.05, 3.63) is 0 Å². The summed E-state index contributed by atoms with van der Waals surface area (Å²) in [4.78, 5) is 21.5. The van der Waals surface area contributed by atoms with Crippen molar-refractivity contribution in [1.29, 1.82) is 0 Å². The summed E-state index contributed by atoms with van der Waals surface area (Å²) in [6, 6.07) is 0. The first-order valence-electron chi connectivity index (χ1n) is 5.16. The van der Waals surface area contributed by atoms with Gasteiger partial charge in [-0.05, 0) is 14.0 Å². The number of hydrogen-bond donors (Lipinski definition) is 1. The zero-order chi connectivity index (χ0) is 12.1. The molecule has 0 bridgehead atoms. The van der Waals surface area contributed by atoms with Crippen LogP contribution in [-0.4, -0.2) is 38.7 Å². The molecular weight excluding hydrogens is 198 g/mol. The van der Waals surface area contributed by atoms with Crippen LogP contribution in [0.15, 0.2) is 0 Å². The molecule has 0 saturated heterocycles. The van der Waals surface area contributed by atoms with E-state index in [1.165, 1.54) is 0 Å². The summed E-state index contributed by atoms with van der Waals surface area (Å²) in [7, 11) is 1.73. The van der Waals surface area contributed by atoms with E-state index in [9.17, 15) is 9.59 Å². The molecule has 0 aromatic rings. The largest absolute Gasteiger partial charge is 0.463 e. The van der Waals surface area contributed by atoms with E-state index in [1.807, 2.05) is 13.8 Å². The van der Waals surface area contributed by atoms with Crippen LogP contribution in [0, 0.1) is 0 Å². The Balaban J connectivity index is -0.000000529. The van der Waals surface area contributed by atoms with Gasteiger partial charge in [-0.15, -0.1) is 0 Å². The fourth-order valence-electron chi connectivity index (χ4n) is 0.641. The molecule has 15 heavy (non-hydrogen) atoms. The highest BCUT2D eigenvalue weighted by atomic mass is 16.6. The molecular formula is C10H23NO4. The Morgan fingerprint density at radius 2 is 1.80 bits per heavy atom. The average molecular weight is 221 g/mol. The summed E-state index contributed by atoms with van der Waals surface area (Å²) < 4.78 is 9.17. The van der Waals surface area contributed by atoms with E-state index >= 15 is 0 Å². The summed E-state index contributed by atoms with van der Waals surface area (Å²) in [5.41, 5.74) is 0. The Kier molecular flexibility index (Phi) is 14.0. The summed E-state index contributed by atoms with van der Waals surface area (Å²) in [6.45, 7) is 6.24. The van der Waals surface area contributed by atoms with E-state index in [-0.39, 0.29) is 14.5 Å². The zero-order valence-corrected chi connectivity index (χ0v) is 9.96. The van der Waals surface area contributed by atoms with Crippen molar-refractivity contribution in [2.75, 3.05) is 26.8 Å². The molecule has 0 aromatic heterocycles. The number of hydrogen-bond acceptors (Lipinski definition) is 5. The van der Waals surface area contributed by atoms with Crippen molar-refractivity contribution in [2.45, 2.75) is 27.2 Å². The molecule has 0 radical (unpaired) electrons. The van der Waals surface area contributed by atoms with Gasteiger partial charge in [0.15, 0.2) is 6.61 Å². The Labute approximate surface area is 92.6 Å². The molecule has 5 heteroatoms. The molecule has 0 aliphatic carbocycles. The smallest absolute Gasteiger partial charge is 0.344 e. The zero-order valence-electron chi connectivity index (χ0n) is 9.96. The van der Waals surface area contributed by atoms with Gasteiger partial charge in [0.25, 0.3) is 0 Å². The third kappa shape index (κ3) is 12.9. The summed E-state index contributed by atoms with van der Waals surface area (Å²) >= 11 is 0. The summed E-state index contributed by atoms with van der Waals surface area (Å²) in [5, 5.41) is 2.79. The summed E-state index contributed by atoms with van der Waals surface area (Å²) in [5.74, 6) is -0.914. The van der Waals surface area contributed by atoms with Gasteiger partial charge in [-0.1, -0.05) is 13.8 Å². The maximum Gasteiger partial charge on any atom is 0.344 e. The van der Waals surface area contributed by atoms with Gasteiger partial charge in [0.1, 0.15) is 0 Å². The minimum atomic E-state index is -0.514. The van der Waals surface area contributed by atoms with E-state index in [2.05, 4.69) is 14.8 Å². The molecule has 0 spiro atoms. The van der Waals surface area contributed by atoms with Crippen molar-refractivity contribution >= 4 is 11.9 Å². The molecule has 0 atom stereocenters. The highest BCUT2D eigenvalue weighted by Crippen LogP contribution is 1.86. The highest BCUT2D eigenvalue weighted by molar-refractivity contribution is 5.76. The van der Waals surface area contributed by atoms with Crippen LogP contribution < -0.4 is 5.32 Å². The van der Waals surface area contributed by atoms with Gasteiger partial charge < -0.3 is 14.8 Å². The van der Waals surface area contributed by atoms with Crippen LogP contribution in [-0.2, 0) is 19.1 Å². The molecule has 92 valence electrons. The minimum Gasteiger partial charge on any atom is -0.463 e. The van der Waals surface area contributed by atoms with E-state index < -0.39 is 11.9 Å². The maximum atomic E-state index is 10.8. The number of carbonyl (C=O) groups is 2. The molecule has 0 aromatic carbocycles. The monoisotopic (exact) mass is 221 g/mol. The van der Waals surface area contributed by atoms with Gasteiger partial charge in [0.2, 0.25) is 0 Å². The molecule has 0 rings (SSSR count). The van der Waals surface area contributed by atoms with Crippen molar-refractivity contribution < 1.29 is 20.5 Å². The standard InChI is InChI=1S/C8H15NO4.C2H6.H2/c1-3-12-8(11)6-13-7(10)4-5-9-2;1-2;/h9H,3-6H2,1-2H3;1-2H3;1H. The molecule has 0 fully saturated rings. The number of rotatable bonds is 6. The second-order valence-corrected chi connectivity index (χ2v) is 2.32. The predicted octanol–water partition coefficient (Wildman–Crippen LogP) is 0.974. The SMILES string of the molecule is CC.CCOC(=O)COC(=O)CCNC.[HH]. The fourth-order valence-corrected chi connectivity index (χ4v) is 0.641. The summed E-state index contributed by atoms with van der Waals surface area (Å²) in [6.07, 6.45) is 0.260. The minimum absolute atomic E-state index is 0. The number of nitrogens with one attached hydrogen (secondary N) is 1. The van der Waals surface area contributed by atoms with Gasteiger partial charge in [-0.25, -0.2) is 4.79 Å². The number of carbonyl (C=O) groups excluding carboxylic acids is 2. The van der Waals surface area contributed by atoms with E-state index in [0.29, 0.717) is 13.2 Å². The lowest BCUT2D eigenvalue weighted by atomic mass is 10.4. The molecule has 0 unspecified atom stereocenters. The van der Waals surface area contributed by atoms with Crippen LogP contribution in [0.4, 0.5) is 0 Å². The predicted molar refractivity (Wildman–Crippen MR) is 59.6 cm³/mol. The fraction of sp³-hybridized carbons (Fsp3) is 0.800. The van der Waals surface area contributed by atoms with Crippen LogP contribution >= 0.6 is 0 Å². The van der Waals surface area contributed by atoms with E-state index in [1.54, 1.807) is 14.0 Å². The van der Waals surface area contributed by atoms with Gasteiger partial charge in [-0.3, -0.25) is 4.79 Å². The van der Waals surface area contributed by atoms with Gasteiger partial charge in [-0.2, -0.15) is 0 Å². The molecule has 0 aliphatic heterocycles. The van der Waals surface area contributed by atoms with Gasteiger partial charge >= 0.3 is 11.9 Å². The second-order valence-electron chi connectivity index (χ2n) is 2.32. The second kappa shape index (κ2) is 12.9. The molecule has 0 amide bonds. The lowest BCUT2D eigenvalue weighted by Crippen LogP contribution is -2.19. The van der Waals surface area contributed by atoms with Gasteiger partial charge in [0.05, 0.1) is 13.0 Å². The first-order valence-corrected chi connectivity index (χ1v) is 5.16. The van der Waals surface area contributed by atoms with E-state index in [0.717, 1.165) is 0 Å². The normalized spacial score (nSPS) is 8.53. The molecule has 0 saturated carbocycles. The molecule has 0 heterocycles. The lowest BCUT2D eigenvalue weighted by molar-refractivity contribution is -0.158. The van der Waals surface area contributed by atoms with Crippen LogP contribution in [0.5, 0.6) is 0 Å². The Morgan fingerprint density at radius 3 is 2.27 bits per heavy atom. The topological polar surface area (TPSA) is 64.6 Å². The number of esters is 2. The maximum absolute atomic E-state index is 10.8. The van der Waals surface area contributed by atoms with Gasteiger partial charge in [0, 0.05) is 7.97 Å². The van der Waals surface area contributed by atoms with Crippen LogP contribution in [0.3, 0.4) is 0 Å². The Morgan fingerprint density at radius 1 is 1.20 bits per heavy atom. The first-order chi connectivity index (χ1) is 7.20. The van der Waals surface area contributed by atoms with Crippen LogP contribution in [0.2, 0.25) is 0 Å². The Bertz CT molecular complexity index is 176. The van der Waals surface area contributed by atoms with Crippen molar-refractivity contribution in [3.63, 3.8) is 0 Å². The molecule has 1 N–H and O–H groups in total. The molecule has 0 aliphatic rings. The van der Waals surface area contributed by atoms with E-state index in [4.69, 9.17) is 0 Å². The first kappa shape index (κ1) is 16.3. The van der Waals surface area contributed by atoms with Crippen LogP contribution in [0.1, 0.15) is 28.6 Å². The third-order valence-corrected chi connectivity index (χ3v) is 1.24. The van der Waals surface area contributed by atoms with Crippen molar-refractivity contribution in [1.82, 2.24) is 5.32 Å². The third-order valence-electron chi connectivity index (χ3n) is 1.24. The molecule has 5 nitrogen and oxygen atoms in total. The number of ether oxygens (including phenoxy) is 2.